The Bertz CT molecular complexity index is 959. The summed E-state index contributed by atoms with van der Waals surface area (Å²) in [5.74, 6) is -2.13. The van der Waals surface area contributed by atoms with Crippen molar-refractivity contribution in [2.75, 3.05) is 10.6 Å². The summed E-state index contributed by atoms with van der Waals surface area (Å²) in [6, 6.07) is 11.9. The molecule has 0 spiro atoms. The van der Waals surface area contributed by atoms with E-state index in [2.05, 4.69) is 10.6 Å². The second-order valence-electron chi connectivity index (χ2n) is 8.09. The highest BCUT2D eigenvalue weighted by Gasteiger charge is 2.48. The molecule has 2 aromatic rings. The van der Waals surface area contributed by atoms with Crippen LogP contribution in [0.3, 0.4) is 0 Å². The van der Waals surface area contributed by atoms with Crippen LogP contribution in [0.25, 0.3) is 0 Å². The molecule has 1 saturated carbocycles. The number of anilines is 2. The minimum Gasteiger partial charge on any atom is -0.595 e. The van der Waals surface area contributed by atoms with E-state index in [1.807, 2.05) is 12.2 Å². The van der Waals surface area contributed by atoms with Gasteiger partial charge in [-0.25, -0.2) is 10.4 Å². The van der Waals surface area contributed by atoms with Crippen molar-refractivity contribution in [3.05, 3.63) is 71.1 Å². The summed E-state index contributed by atoms with van der Waals surface area (Å²) in [5, 5.41) is 44.1. The lowest BCUT2D eigenvalue weighted by Crippen LogP contribution is -2.99. The standard InChI is InChI=1S/C22H24N4O6/c27-21(23-15-3-1-5-17(11-15)25(29)30)19-13-7-9-14(10-8-13)20(19)22(28)24-16-4-2-6-18(12-16)26(31)32/h1-7,9,11-14,19-20,25-26,29,31H,8,10H2,(H,23,27)(H,24,28). The van der Waals surface area contributed by atoms with E-state index in [0.29, 0.717) is 11.4 Å². The molecule has 3 aliphatic carbocycles. The van der Waals surface area contributed by atoms with Gasteiger partial charge in [-0.3, -0.25) is 9.59 Å². The number of nitrogens with one attached hydrogen (secondary N) is 4. The number of benzene rings is 2. The Kier molecular flexibility index (Phi) is 6.33. The lowest BCUT2D eigenvalue weighted by Gasteiger charge is -2.43. The quantitative estimate of drug-likeness (QED) is 0.290. The van der Waals surface area contributed by atoms with E-state index in [-0.39, 0.29) is 35.0 Å². The fourth-order valence-electron chi connectivity index (χ4n) is 4.62. The zero-order valence-electron chi connectivity index (χ0n) is 17.0. The number of carbonyl (C=O) groups excluding carboxylic acids is 2. The summed E-state index contributed by atoms with van der Waals surface area (Å²) in [5.41, 5.74) is 0.822. The average Bonchev–Trinajstić information content (AvgIpc) is 2.79. The Labute approximate surface area is 183 Å². The molecule has 2 bridgehead atoms. The maximum absolute atomic E-state index is 13.2. The lowest BCUT2D eigenvalue weighted by molar-refractivity contribution is -0.991. The number of hydrogen-bond acceptors (Lipinski definition) is 6. The van der Waals surface area contributed by atoms with E-state index in [4.69, 9.17) is 0 Å². The summed E-state index contributed by atoms with van der Waals surface area (Å²) in [7, 11) is 0. The van der Waals surface area contributed by atoms with Gasteiger partial charge < -0.3 is 21.0 Å². The van der Waals surface area contributed by atoms with E-state index >= 15 is 0 Å². The number of amides is 2. The highest BCUT2D eigenvalue weighted by Crippen LogP contribution is 2.45. The molecular formula is C22H24N4O6. The van der Waals surface area contributed by atoms with Gasteiger partial charge in [0.25, 0.3) is 0 Å². The number of quaternary nitrogens is 2. The summed E-state index contributed by atoms with van der Waals surface area (Å²) in [6.45, 7) is 0. The number of carbonyl (C=O) groups is 2. The molecule has 3 aliphatic rings. The Morgan fingerprint density at radius 1 is 0.781 bits per heavy atom. The Hall–Kier alpha value is -3.12. The maximum Gasteiger partial charge on any atom is 0.228 e. The summed E-state index contributed by atoms with van der Waals surface area (Å²) in [4.78, 5) is 26.4. The molecule has 2 amide bonds. The SMILES string of the molecule is O=C(Nc1cccc([NH+]([O-])O)c1)C1C2C=CC(CC2)C1C(=O)Nc1cccc([NH+]([O-])O)c1. The van der Waals surface area contributed by atoms with Gasteiger partial charge in [-0.05, 0) is 36.8 Å². The molecule has 2 aromatic carbocycles. The van der Waals surface area contributed by atoms with Crippen molar-refractivity contribution in [1.82, 2.24) is 0 Å². The first-order valence-corrected chi connectivity index (χ1v) is 10.3. The zero-order chi connectivity index (χ0) is 22.8. The maximum atomic E-state index is 13.2. The highest BCUT2D eigenvalue weighted by molar-refractivity contribution is 6.00. The summed E-state index contributed by atoms with van der Waals surface area (Å²) in [6.07, 6.45) is 5.52. The molecule has 32 heavy (non-hydrogen) atoms. The first-order chi connectivity index (χ1) is 15.3. The van der Waals surface area contributed by atoms with Crippen LogP contribution in [0.5, 0.6) is 0 Å². The van der Waals surface area contributed by atoms with Crippen LogP contribution >= 0.6 is 0 Å². The van der Waals surface area contributed by atoms with Gasteiger partial charge in [-0.2, -0.15) is 10.5 Å². The van der Waals surface area contributed by atoms with E-state index in [0.717, 1.165) is 12.8 Å². The first kappa shape index (κ1) is 22.1. The Morgan fingerprint density at radius 2 is 1.19 bits per heavy atom. The molecule has 0 aromatic heterocycles. The van der Waals surface area contributed by atoms with Gasteiger partial charge in [0, 0.05) is 35.6 Å². The van der Waals surface area contributed by atoms with Gasteiger partial charge in [-0.1, -0.05) is 24.3 Å². The topological polar surface area (TPSA) is 154 Å². The normalized spacial score (nSPS) is 25.8. The van der Waals surface area contributed by atoms with Crippen molar-refractivity contribution in [2.24, 2.45) is 23.7 Å². The van der Waals surface area contributed by atoms with Gasteiger partial charge in [0.05, 0.1) is 11.8 Å². The molecule has 10 nitrogen and oxygen atoms in total. The molecule has 5 rings (SSSR count). The fourth-order valence-corrected chi connectivity index (χ4v) is 4.62. The number of hydrogen-bond donors (Lipinski definition) is 6. The average molecular weight is 440 g/mol. The van der Waals surface area contributed by atoms with Crippen LogP contribution in [0.15, 0.2) is 60.7 Å². The zero-order valence-corrected chi connectivity index (χ0v) is 17.0. The van der Waals surface area contributed by atoms with Gasteiger partial charge >= 0.3 is 0 Å². The van der Waals surface area contributed by atoms with E-state index < -0.39 is 22.3 Å². The number of fused-ring (bicyclic) bond motifs is 2. The van der Waals surface area contributed by atoms with E-state index in [1.165, 1.54) is 24.3 Å². The second kappa shape index (κ2) is 9.17. The van der Waals surface area contributed by atoms with Crippen molar-refractivity contribution >= 4 is 34.6 Å². The predicted molar refractivity (Wildman–Crippen MR) is 114 cm³/mol. The van der Waals surface area contributed by atoms with Gasteiger partial charge in [0.2, 0.25) is 11.8 Å². The molecule has 6 unspecified atom stereocenters. The molecular weight excluding hydrogens is 416 g/mol. The van der Waals surface area contributed by atoms with Crippen molar-refractivity contribution < 1.29 is 30.5 Å². The molecule has 6 N–H and O–H groups in total. The minimum atomic E-state index is -1.10. The van der Waals surface area contributed by atoms with E-state index in [9.17, 15) is 30.4 Å². The molecule has 0 aliphatic heterocycles. The van der Waals surface area contributed by atoms with Crippen LogP contribution in [-0.2, 0) is 9.59 Å². The number of allylic oxidation sites excluding steroid dienone is 2. The van der Waals surface area contributed by atoms with Crippen LogP contribution in [0.4, 0.5) is 22.7 Å². The van der Waals surface area contributed by atoms with Crippen LogP contribution < -0.4 is 21.1 Å². The summed E-state index contributed by atoms with van der Waals surface area (Å²) >= 11 is 0. The third kappa shape index (κ3) is 4.55. The largest absolute Gasteiger partial charge is 0.595 e. The molecule has 0 heterocycles. The van der Waals surface area contributed by atoms with E-state index in [1.54, 1.807) is 24.3 Å². The first-order valence-electron chi connectivity index (χ1n) is 10.3. The molecule has 1 fully saturated rings. The second-order valence-corrected chi connectivity index (χ2v) is 8.09. The smallest absolute Gasteiger partial charge is 0.228 e. The van der Waals surface area contributed by atoms with Gasteiger partial charge in [0.1, 0.15) is 0 Å². The van der Waals surface area contributed by atoms with Gasteiger partial charge in [0.15, 0.2) is 11.4 Å². The van der Waals surface area contributed by atoms with Crippen molar-refractivity contribution in [1.29, 1.82) is 0 Å². The monoisotopic (exact) mass is 440 g/mol. The highest BCUT2D eigenvalue weighted by atomic mass is 16.8. The Morgan fingerprint density at radius 3 is 1.53 bits per heavy atom. The number of rotatable bonds is 6. The van der Waals surface area contributed by atoms with Gasteiger partial charge in [-0.15, -0.1) is 0 Å². The third-order valence-electron chi connectivity index (χ3n) is 6.11. The van der Waals surface area contributed by atoms with Crippen molar-refractivity contribution in [3.63, 3.8) is 0 Å². The molecule has 0 saturated heterocycles. The Balaban J connectivity index is 1.54. The fraction of sp³-hybridized carbons (Fsp3) is 0.273. The predicted octanol–water partition coefficient (Wildman–Crippen LogP) is 0.899. The summed E-state index contributed by atoms with van der Waals surface area (Å²) < 4.78 is 0. The minimum absolute atomic E-state index is 0.0560. The van der Waals surface area contributed by atoms with Crippen LogP contribution in [0, 0.1) is 34.1 Å². The molecule has 168 valence electrons. The molecule has 0 radical (unpaired) electrons. The van der Waals surface area contributed by atoms with Crippen LogP contribution in [0.1, 0.15) is 12.8 Å². The van der Waals surface area contributed by atoms with Crippen molar-refractivity contribution in [2.45, 2.75) is 12.8 Å². The van der Waals surface area contributed by atoms with Crippen LogP contribution in [-0.4, -0.2) is 22.2 Å². The molecule has 10 heteroatoms. The third-order valence-corrected chi connectivity index (χ3v) is 6.11. The lowest BCUT2D eigenvalue weighted by atomic mass is 9.61. The van der Waals surface area contributed by atoms with Crippen LogP contribution in [0.2, 0.25) is 0 Å². The van der Waals surface area contributed by atoms with Crippen molar-refractivity contribution in [3.8, 4) is 0 Å². The molecule has 6 atom stereocenters.